The number of hydrogen-bond acceptors (Lipinski definition) is 3. The predicted molar refractivity (Wildman–Crippen MR) is 76.2 cm³/mol. The van der Waals surface area contributed by atoms with Crippen molar-refractivity contribution < 1.29 is 0 Å². The Balaban J connectivity index is 1.66. The molecule has 1 N–H and O–H groups in total. The summed E-state index contributed by atoms with van der Waals surface area (Å²) in [6, 6.07) is 10.5. The van der Waals surface area contributed by atoms with E-state index in [2.05, 4.69) is 15.3 Å². The molecule has 1 aromatic carbocycles. The van der Waals surface area contributed by atoms with Crippen molar-refractivity contribution in [1.29, 1.82) is 0 Å². The number of hydrogen-bond donors (Lipinski definition) is 1. The summed E-state index contributed by atoms with van der Waals surface area (Å²) < 4.78 is 0. The molecule has 0 aliphatic heterocycles. The van der Waals surface area contributed by atoms with Gasteiger partial charge in [0.15, 0.2) is 0 Å². The van der Waals surface area contributed by atoms with E-state index >= 15 is 0 Å². The van der Waals surface area contributed by atoms with Crippen LogP contribution in [0.2, 0.25) is 5.02 Å². The van der Waals surface area contributed by atoms with Crippen LogP contribution in [0, 0.1) is 0 Å². The monoisotopic (exact) mass is 273 g/mol. The standard InChI is InChI=1S/C15H16ClN3/c16-12-3-1-11(2-4-12)9-15-17-8-7-14(19-15)10-18-13-5-6-13/h1-4,7-8,13,18H,5-6,9-10H2. The first-order chi connectivity index (χ1) is 9.29. The summed E-state index contributed by atoms with van der Waals surface area (Å²) in [6.45, 7) is 0.834. The SMILES string of the molecule is Clc1ccc(Cc2nccc(CNC3CC3)n2)cc1. The van der Waals surface area contributed by atoms with Crippen molar-refractivity contribution in [3.8, 4) is 0 Å². The van der Waals surface area contributed by atoms with Gasteiger partial charge in [-0.1, -0.05) is 23.7 Å². The van der Waals surface area contributed by atoms with E-state index in [1.807, 2.05) is 36.5 Å². The summed E-state index contributed by atoms with van der Waals surface area (Å²) in [7, 11) is 0. The average molecular weight is 274 g/mol. The van der Waals surface area contributed by atoms with Gasteiger partial charge in [0, 0.05) is 30.2 Å². The van der Waals surface area contributed by atoms with Gasteiger partial charge in [-0.2, -0.15) is 0 Å². The molecule has 0 saturated heterocycles. The molecule has 0 amide bonds. The Labute approximate surface area is 118 Å². The fourth-order valence-corrected chi connectivity index (χ4v) is 2.07. The minimum Gasteiger partial charge on any atom is -0.308 e. The Kier molecular flexibility index (Phi) is 3.76. The lowest BCUT2D eigenvalue weighted by atomic mass is 10.1. The minimum absolute atomic E-state index is 0.703. The summed E-state index contributed by atoms with van der Waals surface area (Å²) in [4.78, 5) is 8.91. The Hall–Kier alpha value is -1.45. The van der Waals surface area contributed by atoms with E-state index in [4.69, 9.17) is 11.6 Å². The zero-order chi connectivity index (χ0) is 13.1. The van der Waals surface area contributed by atoms with Crippen LogP contribution in [0.5, 0.6) is 0 Å². The fraction of sp³-hybridized carbons (Fsp3) is 0.333. The molecule has 2 aromatic rings. The third kappa shape index (κ3) is 3.75. The van der Waals surface area contributed by atoms with Crippen LogP contribution in [0.4, 0.5) is 0 Å². The van der Waals surface area contributed by atoms with Crippen molar-refractivity contribution in [2.45, 2.75) is 31.8 Å². The quantitative estimate of drug-likeness (QED) is 0.910. The maximum absolute atomic E-state index is 5.88. The normalized spacial score (nSPS) is 14.6. The summed E-state index contributed by atoms with van der Waals surface area (Å²) >= 11 is 5.88. The third-order valence-corrected chi connectivity index (χ3v) is 3.44. The molecule has 0 atom stereocenters. The molecule has 0 unspecified atom stereocenters. The van der Waals surface area contributed by atoms with E-state index < -0.39 is 0 Å². The van der Waals surface area contributed by atoms with Gasteiger partial charge in [-0.15, -0.1) is 0 Å². The topological polar surface area (TPSA) is 37.8 Å². The molecule has 0 radical (unpaired) electrons. The predicted octanol–water partition coefficient (Wildman–Crippen LogP) is 2.97. The van der Waals surface area contributed by atoms with E-state index in [-0.39, 0.29) is 0 Å². The number of rotatable bonds is 5. The first kappa shape index (κ1) is 12.6. The van der Waals surface area contributed by atoms with Crippen LogP contribution in [0.25, 0.3) is 0 Å². The van der Waals surface area contributed by atoms with E-state index in [1.165, 1.54) is 18.4 Å². The highest BCUT2D eigenvalue weighted by molar-refractivity contribution is 6.30. The molecular weight excluding hydrogens is 258 g/mol. The van der Waals surface area contributed by atoms with Gasteiger partial charge >= 0.3 is 0 Å². The smallest absolute Gasteiger partial charge is 0.132 e. The number of benzene rings is 1. The maximum atomic E-state index is 5.88. The Morgan fingerprint density at radius 2 is 1.95 bits per heavy atom. The van der Waals surface area contributed by atoms with Crippen LogP contribution in [-0.4, -0.2) is 16.0 Å². The second-order valence-corrected chi connectivity index (χ2v) is 5.36. The Morgan fingerprint density at radius 3 is 2.68 bits per heavy atom. The van der Waals surface area contributed by atoms with Crippen molar-refractivity contribution in [2.24, 2.45) is 0 Å². The van der Waals surface area contributed by atoms with Gasteiger partial charge in [-0.3, -0.25) is 0 Å². The molecular formula is C15H16ClN3. The van der Waals surface area contributed by atoms with Gasteiger partial charge in [-0.05, 0) is 36.6 Å². The lowest BCUT2D eigenvalue weighted by Gasteiger charge is -2.05. The van der Waals surface area contributed by atoms with Gasteiger partial charge < -0.3 is 5.32 Å². The highest BCUT2D eigenvalue weighted by Gasteiger charge is 2.20. The molecule has 1 saturated carbocycles. The molecule has 19 heavy (non-hydrogen) atoms. The summed E-state index contributed by atoms with van der Waals surface area (Å²) in [6.07, 6.45) is 5.17. The van der Waals surface area contributed by atoms with Crippen molar-refractivity contribution in [1.82, 2.24) is 15.3 Å². The molecule has 1 aliphatic rings. The fourth-order valence-electron chi connectivity index (χ4n) is 1.95. The van der Waals surface area contributed by atoms with E-state index in [0.29, 0.717) is 6.04 Å². The molecule has 98 valence electrons. The summed E-state index contributed by atoms with van der Waals surface area (Å²) in [5.74, 6) is 0.859. The van der Waals surface area contributed by atoms with Crippen LogP contribution in [0.15, 0.2) is 36.5 Å². The molecule has 1 heterocycles. The molecule has 0 bridgehead atoms. The number of halogens is 1. The molecule has 1 fully saturated rings. The van der Waals surface area contributed by atoms with Gasteiger partial charge in [0.05, 0.1) is 5.69 Å². The second-order valence-electron chi connectivity index (χ2n) is 4.92. The van der Waals surface area contributed by atoms with Crippen LogP contribution >= 0.6 is 11.6 Å². The molecule has 3 rings (SSSR count). The maximum Gasteiger partial charge on any atom is 0.132 e. The highest BCUT2D eigenvalue weighted by Crippen LogP contribution is 2.19. The largest absolute Gasteiger partial charge is 0.308 e. The van der Waals surface area contributed by atoms with Gasteiger partial charge in [0.25, 0.3) is 0 Å². The van der Waals surface area contributed by atoms with Gasteiger partial charge in [-0.25, -0.2) is 9.97 Å². The van der Waals surface area contributed by atoms with Crippen molar-refractivity contribution >= 4 is 11.6 Å². The lowest BCUT2D eigenvalue weighted by Crippen LogP contribution is -2.16. The van der Waals surface area contributed by atoms with E-state index in [9.17, 15) is 0 Å². The van der Waals surface area contributed by atoms with Crippen molar-refractivity contribution in [3.63, 3.8) is 0 Å². The average Bonchev–Trinajstić information content (AvgIpc) is 3.24. The van der Waals surface area contributed by atoms with Gasteiger partial charge in [0.2, 0.25) is 0 Å². The molecule has 4 heteroatoms. The van der Waals surface area contributed by atoms with Crippen LogP contribution in [0.1, 0.15) is 29.9 Å². The lowest BCUT2D eigenvalue weighted by molar-refractivity contribution is 0.668. The minimum atomic E-state index is 0.703. The summed E-state index contributed by atoms with van der Waals surface area (Å²) in [5.41, 5.74) is 2.24. The Morgan fingerprint density at radius 1 is 1.16 bits per heavy atom. The third-order valence-electron chi connectivity index (χ3n) is 3.19. The molecule has 1 aliphatic carbocycles. The number of nitrogens with one attached hydrogen (secondary N) is 1. The zero-order valence-electron chi connectivity index (χ0n) is 10.6. The number of nitrogens with zero attached hydrogens (tertiary/aromatic N) is 2. The van der Waals surface area contributed by atoms with Crippen molar-refractivity contribution in [3.05, 3.63) is 58.6 Å². The number of aromatic nitrogens is 2. The first-order valence-electron chi connectivity index (χ1n) is 6.58. The second kappa shape index (κ2) is 5.68. The van der Waals surface area contributed by atoms with Crippen molar-refractivity contribution in [2.75, 3.05) is 0 Å². The summed E-state index contributed by atoms with van der Waals surface area (Å²) in [5, 5.41) is 4.22. The molecule has 1 aromatic heterocycles. The molecule has 3 nitrogen and oxygen atoms in total. The van der Waals surface area contributed by atoms with Crippen LogP contribution in [-0.2, 0) is 13.0 Å². The van der Waals surface area contributed by atoms with Crippen LogP contribution < -0.4 is 5.32 Å². The highest BCUT2D eigenvalue weighted by atomic mass is 35.5. The first-order valence-corrected chi connectivity index (χ1v) is 6.96. The van der Waals surface area contributed by atoms with E-state index in [1.54, 1.807) is 0 Å². The van der Waals surface area contributed by atoms with E-state index in [0.717, 1.165) is 29.5 Å². The Bertz CT molecular complexity index is 550. The molecule has 0 spiro atoms. The van der Waals surface area contributed by atoms with Gasteiger partial charge in [0.1, 0.15) is 5.82 Å². The zero-order valence-corrected chi connectivity index (χ0v) is 11.4. The van der Waals surface area contributed by atoms with Crippen LogP contribution in [0.3, 0.4) is 0 Å².